The molecule has 700 valence electrons. The Balaban J connectivity index is 0.000000117. The Morgan fingerprint density at radius 2 is 0.885 bits per heavy atom. The van der Waals surface area contributed by atoms with E-state index in [0.717, 1.165) is 23.6 Å². The van der Waals surface area contributed by atoms with Gasteiger partial charge in [0.05, 0.1) is 22.9 Å². The highest BCUT2D eigenvalue weighted by Gasteiger charge is 2.91. The van der Waals surface area contributed by atoms with Crippen molar-refractivity contribution in [2.75, 3.05) is 38.3 Å². The van der Waals surface area contributed by atoms with Gasteiger partial charge in [0, 0.05) is 73.1 Å². The van der Waals surface area contributed by atoms with Crippen LogP contribution in [0.15, 0.2) is 109 Å². The normalized spacial score (nSPS) is 20.8. The number of aromatic nitrogens is 12. The Morgan fingerprint density at radius 1 is 0.489 bits per heavy atom. The summed E-state index contributed by atoms with van der Waals surface area (Å²) in [6, 6.07) is 20.5. The van der Waals surface area contributed by atoms with Gasteiger partial charge in [-0.15, -0.1) is 15.3 Å². The van der Waals surface area contributed by atoms with Crippen LogP contribution in [0.2, 0.25) is 20.6 Å². The number of carbonyl (C=O) groups is 8. The number of fused-ring (bicyclic) bond motifs is 4. The lowest BCUT2D eigenvalue weighted by molar-refractivity contribution is -0.123. The number of hydrogen-bond acceptors (Lipinski definition) is 26. The number of pyridine rings is 4. The molecule has 32 nitrogen and oxygen atoms in total. The molecular weight excluding hydrogens is 1790 g/mol. The summed E-state index contributed by atoms with van der Waals surface area (Å²) in [7, 11) is -3.73. The number of nitrogens with one attached hydrogen (secondary N) is 2. The van der Waals surface area contributed by atoms with Crippen LogP contribution in [-0.2, 0) is 43.4 Å². The van der Waals surface area contributed by atoms with Gasteiger partial charge < -0.3 is 43.6 Å². The number of hydrogen-bond donors (Lipinski definition) is 4. The molecule has 13 fully saturated rings. The van der Waals surface area contributed by atoms with Crippen LogP contribution in [0, 0.1) is 78.3 Å². The third-order valence-electron chi connectivity index (χ3n) is 28.5. The van der Waals surface area contributed by atoms with Gasteiger partial charge in [0.25, 0.3) is 10.0 Å². The van der Waals surface area contributed by atoms with Crippen LogP contribution >= 0.6 is 46.4 Å². The molecule has 0 aromatic carbocycles. The lowest BCUT2D eigenvalue weighted by atomic mass is 9.89. The summed E-state index contributed by atoms with van der Waals surface area (Å²) in [4.78, 5) is 112. The van der Waals surface area contributed by atoms with Crippen molar-refractivity contribution < 1.29 is 85.0 Å². The molecular formula is C94H112Cl4N14O18S. The van der Waals surface area contributed by atoms with Gasteiger partial charge in [-0.3, -0.25) is 19.2 Å². The number of halogens is 4. The summed E-state index contributed by atoms with van der Waals surface area (Å²) >= 11 is 23.4. The van der Waals surface area contributed by atoms with Gasteiger partial charge in [-0.05, 0) is 300 Å². The van der Waals surface area contributed by atoms with E-state index in [4.69, 9.17) is 89.8 Å². The molecule has 8 spiro atoms. The minimum atomic E-state index is -3.73. The first-order valence-corrected chi connectivity index (χ1v) is 47.9. The van der Waals surface area contributed by atoms with Crippen molar-refractivity contribution in [2.24, 2.45) is 83.5 Å². The summed E-state index contributed by atoms with van der Waals surface area (Å²) in [5.74, 6) is 3.36. The molecule has 13 aliphatic rings. The third-order valence-corrected chi connectivity index (χ3v) is 30.3. The molecule has 8 aromatic heterocycles. The molecule has 8 aromatic rings. The van der Waals surface area contributed by atoms with E-state index in [2.05, 4.69) is 64.6 Å². The van der Waals surface area contributed by atoms with E-state index in [1.54, 1.807) is 129 Å². The summed E-state index contributed by atoms with van der Waals surface area (Å²) in [6.45, 7) is 21.9. The minimum Gasteiger partial charge on any atom is -0.478 e. The number of rotatable bonds is 27. The van der Waals surface area contributed by atoms with E-state index < -0.39 is 50.8 Å². The average molecular weight is 1900 g/mol. The molecule has 1 atom stereocenters. The molecule has 13 aliphatic carbocycles. The molecule has 0 amide bonds. The molecule has 8 heterocycles. The molecule has 0 saturated heterocycles. The lowest BCUT2D eigenvalue weighted by Crippen LogP contribution is -2.27. The molecule has 0 aliphatic heterocycles. The second-order valence-corrected chi connectivity index (χ2v) is 44.2. The van der Waals surface area contributed by atoms with Gasteiger partial charge in [-0.1, -0.05) is 66.3 Å². The second-order valence-electron chi connectivity index (χ2n) is 41.2. The van der Waals surface area contributed by atoms with Crippen molar-refractivity contribution in [3.05, 3.63) is 141 Å². The number of nitrogens with two attached hydrogens (primary N) is 1. The van der Waals surface area contributed by atoms with Crippen molar-refractivity contribution in [2.45, 2.75) is 233 Å². The number of sulfonamides is 1. The van der Waals surface area contributed by atoms with Gasteiger partial charge in [0.2, 0.25) is 23.5 Å². The number of carboxylic acid groups (broad SMARTS) is 1. The number of ketones is 4. The van der Waals surface area contributed by atoms with Crippen LogP contribution in [0.4, 0.5) is 10.6 Å². The Kier molecular flexibility index (Phi) is 25.1. The molecule has 21 rings (SSSR count). The Hall–Kier alpha value is -9.93. The highest BCUT2D eigenvalue weighted by molar-refractivity contribution is 7.89. The number of esters is 2. The standard InChI is InChI=1S/C22H24ClN3O4.C18H16ClN3O4.C17H22N2O4.C15H25N3O2S.C12H14N2O2.C10H11Cl2NO2/c1-20(2,3)30-19(28)13-4-5-15(24-18(13)23)26-11-6-16(25-26)29-12-14(27)17-21(7-8-21)22(17)9-10-22;19-15-10(16(24)25)1-2-12(20-15)22-8-3-13(21-22)26-9-11(23)14-17(4-5-17)18(14)6-7-18;1-15(2,3)23-14(21)19-9-4-12(18-19)22-10-11(20)13-16(5-6-16)17(13)7-8-17;1-15(2)9-8-12(11-15)5-4-10-17-13-6-3-7-14(18-13)21(16,19)20;15-8(7-16-9-1-6-13-14-9)10-11(2-3-11)12(10)4-5-12;1-10(2,3)15-9(14)6-4-5-7(11)13-8(6)12/h4-6,11,17H,7-10,12H2,1-3H3;1-3,8,14H,4-7,9H2,(H,24,25);4,9,13H,5-8,10H2,1-3H3;3,6-7,12H,4-5,8-11H2,1-2H3,(H,17,18)(H2,16,19,20);1,6,10H,2-5,7H2,(H,13,14);4-5H,1-3H3/t;;;12-;;/m...1../s1. The average Bonchev–Trinajstić information content (AvgIpc) is 1.46. The summed E-state index contributed by atoms with van der Waals surface area (Å²) in [5, 5.41) is 36.4. The maximum atomic E-state index is 12.6. The van der Waals surface area contributed by atoms with E-state index in [1.807, 2.05) is 0 Å². The maximum Gasteiger partial charge on any atom is 0.435 e. The largest absolute Gasteiger partial charge is 0.478 e. The van der Waals surface area contributed by atoms with Crippen molar-refractivity contribution in [3.8, 4) is 35.2 Å². The quantitative estimate of drug-likeness (QED) is 0.0161. The molecule has 13 saturated carbocycles. The van der Waals surface area contributed by atoms with E-state index in [1.165, 1.54) is 174 Å². The zero-order valence-corrected chi connectivity index (χ0v) is 79.2. The Bertz CT molecular complexity index is 5810. The Morgan fingerprint density at radius 3 is 1.25 bits per heavy atom. The number of carboxylic acids is 1. The summed E-state index contributed by atoms with van der Waals surface area (Å²) in [5.41, 5.74) is 2.02. The summed E-state index contributed by atoms with van der Waals surface area (Å²) < 4.78 is 64.3. The first-order chi connectivity index (χ1) is 61.7. The molecule has 131 heavy (non-hydrogen) atoms. The van der Waals surface area contributed by atoms with Crippen molar-refractivity contribution in [1.29, 1.82) is 0 Å². The van der Waals surface area contributed by atoms with Crippen LogP contribution in [0.25, 0.3) is 11.6 Å². The van der Waals surface area contributed by atoms with Crippen molar-refractivity contribution in [1.82, 2.24) is 59.5 Å². The minimum absolute atomic E-state index is 0.0353. The fourth-order valence-corrected chi connectivity index (χ4v) is 23.0. The number of H-pyrrole nitrogens is 1. The predicted molar refractivity (Wildman–Crippen MR) is 480 cm³/mol. The van der Waals surface area contributed by atoms with Gasteiger partial charge in [-0.2, -0.15) is 9.78 Å². The topological polar surface area (TPSA) is 427 Å². The number of ether oxygens (including phenoxy) is 7. The number of carbonyl (C=O) groups excluding carboxylic acids is 7. The van der Waals surface area contributed by atoms with Crippen LogP contribution < -0.4 is 29.4 Å². The highest BCUT2D eigenvalue weighted by atomic mass is 35.5. The first-order valence-electron chi connectivity index (χ1n) is 44.9. The van der Waals surface area contributed by atoms with Crippen molar-refractivity contribution >= 4 is 109 Å². The zero-order valence-electron chi connectivity index (χ0n) is 75.4. The number of aromatic carboxylic acids is 1. The van der Waals surface area contributed by atoms with Crippen LogP contribution in [0.3, 0.4) is 0 Å². The number of Topliss-reactive ketones (excluding diaryl/α,β-unsaturated/α-hetero) is 4. The number of nitrogens with zero attached hydrogens (tertiary/aromatic N) is 11. The predicted octanol–water partition coefficient (Wildman–Crippen LogP) is 17.2. The second kappa shape index (κ2) is 34.8. The van der Waals surface area contributed by atoms with Gasteiger partial charge in [-0.25, -0.2) is 67.1 Å². The molecule has 37 heteroatoms. The number of aromatic amines is 1. The number of anilines is 1. The smallest absolute Gasteiger partial charge is 0.435 e. The maximum absolute atomic E-state index is 12.6. The highest BCUT2D eigenvalue weighted by Crippen LogP contribution is 2.95. The Labute approximate surface area is 779 Å². The van der Waals surface area contributed by atoms with E-state index >= 15 is 0 Å². The SMILES string of the molecule is CC(C)(C)OC(=O)c1ccc(-n2ccc(OCC(=O)C3C4(CC4)C34CC4)n2)nc1Cl.CC(C)(C)OC(=O)c1ccc(Cl)nc1Cl.CC(C)(C)OC(=O)n1ccc(OCC(=O)C2C3(CC3)C23CC3)n1.CC1(C)CC[C@@H](CCCNc2cccc(S(N)(=O)=O)n2)C1.O=C(COc1ccn[nH]1)C1C2(CC2)C12CC2.O=C(O)c1ccc(-n2ccc(OCC(=O)C3C4(CC4)C34CC4)n2)nc1Cl. The first kappa shape index (κ1) is 94.3. The molecule has 5 N–H and O–H groups in total. The zero-order chi connectivity index (χ0) is 93.8. The van der Waals surface area contributed by atoms with Gasteiger partial charge >= 0.3 is 24.0 Å². The number of primary sulfonamides is 1. The molecule has 0 radical (unpaired) electrons. The lowest BCUT2D eigenvalue weighted by Gasteiger charge is -2.19. The fourth-order valence-electron chi connectivity index (χ4n) is 21.6. The van der Waals surface area contributed by atoms with E-state index in [0.29, 0.717) is 95.5 Å². The van der Waals surface area contributed by atoms with Crippen LogP contribution in [-0.4, -0.2) is 170 Å². The molecule has 0 bridgehead atoms. The fraction of sp³-hybridized carbons (Fsp3) is 0.574. The van der Waals surface area contributed by atoms with Crippen LogP contribution in [0.1, 0.15) is 242 Å². The summed E-state index contributed by atoms with van der Waals surface area (Å²) in [6.07, 6.45) is 31.6. The van der Waals surface area contributed by atoms with Gasteiger partial charge in [0.1, 0.15) is 69.7 Å². The monoisotopic (exact) mass is 1900 g/mol. The van der Waals surface area contributed by atoms with E-state index in [-0.39, 0.29) is 110 Å². The van der Waals surface area contributed by atoms with Gasteiger partial charge in [0.15, 0.2) is 39.8 Å². The van der Waals surface area contributed by atoms with Crippen molar-refractivity contribution in [3.63, 3.8) is 0 Å². The molecule has 0 unspecified atom stereocenters. The van der Waals surface area contributed by atoms with Crippen LogP contribution in [0.5, 0.6) is 23.5 Å². The van der Waals surface area contributed by atoms with E-state index in [9.17, 15) is 46.8 Å². The third kappa shape index (κ3) is 20.2.